The van der Waals surface area contributed by atoms with Crippen molar-refractivity contribution in [2.75, 3.05) is 26.4 Å². The number of likely N-dealkylation sites (N-methyl/N-ethyl adjacent to an activating group) is 2. The van der Waals surface area contributed by atoms with Crippen LogP contribution in [0.2, 0.25) is 0 Å². The third-order valence-corrected chi connectivity index (χ3v) is 4.49. The minimum absolute atomic E-state index is 0.0660. The van der Waals surface area contributed by atoms with E-state index in [0.717, 1.165) is 23.9 Å². The number of nitrogens with zero attached hydrogens (tertiary/aromatic N) is 2. The number of rotatable bonds is 4. The van der Waals surface area contributed by atoms with E-state index in [2.05, 4.69) is 0 Å². The van der Waals surface area contributed by atoms with Crippen molar-refractivity contribution in [1.82, 2.24) is 9.80 Å². The molecule has 1 heterocycles. The Hall–Kier alpha value is -1.63. The number of hydrogen-bond acceptors (Lipinski definition) is 3. The smallest absolute Gasteiger partial charge is 0.245 e. The average Bonchev–Trinajstić information content (AvgIpc) is 2.79. The number of thioether (sulfide) groups is 1. The van der Waals surface area contributed by atoms with E-state index in [0.29, 0.717) is 17.9 Å². The number of halogens is 2. The minimum atomic E-state index is -0.937. The van der Waals surface area contributed by atoms with Crippen molar-refractivity contribution in [2.24, 2.45) is 0 Å². The van der Waals surface area contributed by atoms with Crippen LogP contribution < -0.4 is 0 Å². The van der Waals surface area contributed by atoms with E-state index in [-0.39, 0.29) is 17.6 Å². The molecule has 0 saturated carbocycles. The molecule has 1 atom stereocenters. The highest BCUT2D eigenvalue weighted by molar-refractivity contribution is 8.00. The van der Waals surface area contributed by atoms with Crippen molar-refractivity contribution >= 4 is 23.6 Å². The molecule has 1 unspecified atom stereocenters. The predicted octanol–water partition coefficient (Wildman–Crippen LogP) is 1.75. The Labute approximate surface area is 126 Å². The molecular weight excluding hydrogens is 298 g/mol. The normalized spacial score (nSPS) is 18.2. The van der Waals surface area contributed by atoms with E-state index in [1.165, 1.54) is 11.0 Å². The van der Waals surface area contributed by atoms with Gasteiger partial charge in [0.15, 0.2) is 11.6 Å². The first-order chi connectivity index (χ1) is 9.90. The van der Waals surface area contributed by atoms with E-state index >= 15 is 0 Å². The maximum Gasteiger partial charge on any atom is 0.245 e. The van der Waals surface area contributed by atoms with Crippen LogP contribution in [0.4, 0.5) is 8.78 Å². The molecule has 0 aliphatic carbocycles. The summed E-state index contributed by atoms with van der Waals surface area (Å²) in [7, 11) is 3.30. The Balaban J connectivity index is 1.92. The molecule has 4 nitrogen and oxygen atoms in total. The van der Waals surface area contributed by atoms with Crippen molar-refractivity contribution in [3.05, 3.63) is 29.8 Å². The van der Waals surface area contributed by atoms with Crippen LogP contribution in [-0.2, 0) is 9.59 Å². The van der Waals surface area contributed by atoms with Gasteiger partial charge in [-0.3, -0.25) is 9.59 Å². The van der Waals surface area contributed by atoms with Crippen molar-refractivity contribution in [2.45, 2.75) is 17.4 Å². The van der Waals surface area contributed by atoms with Crippen LogP contribution in [-0.4, -0.2) is 54.0 Å². The van der Waals surface area contributed by atoms with Crippen LogP contribution in [0.1, 0.15) is 6.42 Å². The van der Waals surface area contributed by atoms with Gasteiger partial charge in [-0.2, -0.15) is 0 Å². The Morgan fingerprint density at radius 2 is 2.14 bits per heavy atom. The quantitative estimate of drug-likeness (QED) is 0.795. The van der Waals surface area contributed by atoms with Gasteiger partial charge in [0, 0.05) is 25.5 Å². The third kappa shape index (κ3) is 3.53. The van der Waals surface area contributed by atoms with Gasteiger partial charge >= 0.3 is 0 Å². The summed E-state index contributed by atoms with van der Waals surface area (Å²) in [5.41, 5.74) is 0. The van der Waals surface area contributed by atoms with Gasteiger partial charge in [0.05, 0.1) is 5.75 Å². The fraction of sp³-hybridized carbons (Fsp3) is 0.429. The SMILES string of the molecule is CN1CCC(N(C)C(=O)CSc2ccc(F)c(F)c2)C1=O. The second kappa shape index (κ2) is 6.43. The topological polar surface area (TPSA) is 40.6 Å². The van der Waals surface area contributed by atoms with Gasteiger partial charge in [0.25, 0.3) is 0 Å². The van der Waals surface area contributed by atoms with Crippen LogP contribution in [0.5, 0.6) is 0 Å². The van der Waals surface area contributed by atoms with E-state index in [1.807, 2.05) is 0 Å². The standard InChI is InChI=1S/C14H16F2N2O2S/c1-17-6-5-12(14(17)20)18(2)13(19)8-21-9-3-4-10(15)11(16)7-9/h3-4,7,12H,5-6,8H2,1-2H3. The average molecular weight is 314 g/mol. The molecule has 0 radical (unpaired) electrons. The Kier molecular flexibility index (Phi) is 4.82. The highest BCUT2D eigenvalue weighted by Crippen LogP contribution is 2.22. The summed E-state index contributed by atoms with van der Waals surface area (Å²) in [5.74, 6) is -2.05. The maximum atomic E-state index is 13.1. The summed E-state index contributed by atoms with van der Waals surface area (Å²) in [6.07, 6.45) is 0.618. The lowest BCUT2D eigenvalue weighted by molar-refractivity contribution is -0.138. The van der Waals surface area contributed by atoms with Crippen LogP contribution in [0.3, 0.4) is 0 Å². The third-order valence-electron chi connectivity index (χ3n) is 3.51. The van der Waals surface area contributed by atoms with Crippen LogP contribution in [0, 0.1) is 11.6 Å². The summed E-state index contributed by atoms with van der Waals surface area (Å²) >= 11 is 1.12. The Morgan fingerprint density at radius 1 is 1.43 bits per heavy atom. The monoisotopic (exact) mass is 314 g/mol. The molecule has 1 fully saturated rings. The zero-order valence-electron chi connectivity index (χ0n) is 11.8. The van der Waals surface area contributed by atoms with Crippen molar-refractivity contribution in [3.8, 4) is 0 Å². The summed E-state index contributed by atoms with van der Waals surface area (Å²) in [6, 6.07) is 3.08. The summed E-state index contributed by atoms with van der Waals surface area (Å²) < 4.78 is 25.9. The molecule has 0 bridgehead atoms. The molecule has 114 valence electrons. The van der Waals surface area contributed by atoms with Crippen LogP contribution in [0.15, 0.2) is 23.1 Å². The summed E-state index contributed by atoms with van der Waals surface area (Å²) in [6.45, 7) is 0.636. The predicted molar refractivity (Wildman–Crippen MR) is 75.9 cm³/mol. The zero-order chi connectivity index (χ0) is 15.6. The molecule has 21 heavy (non-hydrogen) atoms. The lowest BCUT2D eigenvalue weighted by Gasteiger charge is -2.23. The van der Waals surface area contributed by atoms with E-state index in [9.17, 15) is 18.4 Å². The van der Waals surface area contributed by atoms with Gasteiger partial charge in [-0.25, -0.2) is 8.78 Å². The molecule has 1 aliphatic heterocycles. The first kappa shape index (κ1) is 15.8. The minimum Gasteiger partial charge on any atom is -0.344 e. The highest BCUT2D eigenvalue weighted by Gasteiger charge is 2.34. The zero-order valence-corrected chi connectivity index (χ0v) is 12.6. The maximum absolute atomic E-state index is 13.1. The highest BCUT2D eigenvalue weighted by atomic mass is 32.2. The van der Waals surface area contributed by atoms with Gasteiger partial charge in [-0.1, -0.05) is 0 Å². The first-order valence-electron chi connectivity index (χ1n) is 6.48. The molecule has 1 aromatic rings. The number of hydrogen-bond donors (Lipinski definition) is 0. The van der Waals surface area contributed by atoms with Crippen molar-refractivity contribution in [1.29, 1.82) is 0 Å². The van der Waals surface area contributed by atoms with Crippen molar-refractivity contribution in [3.63, 3.8) is 0 Å². The second-order valence-electron chi connectivity index (χ2n) is 4.93. The molecule has 2 rings (SSSR count). The number of amides is 2. The lowest BCUT2D eigenvalue weighted by atomic mass is 10.2. The Bertz CT molecular complexity index is 568. The Morgan fingerprint density at radius 3 is 2.71 bits per heavy atom. The molecule has 2 amide bonds. The number of likely N-dealkylation sites (tertiary alicyclic amines) is 1. The molecule has 1 aromatic carbocycles. The number of carbonyl (C=O) groups is 2. The largest absolute Gasteiger partial charge is 0.344 e. The van der Waals surface area contributed by atoms with Crippen molar-refractivity contribution < 1.29 is 18.4 Å². The fourth-order valence-electron chi connectivity index (χ4n) is 2.15. The molecule has 7 heteroatoms. The van der Waals surface area contributed by atoms with Gasteiger partial charge in [0.1, 0.15) is 6.04 Å². The van der Waals surface area contributed by atoms with E-state index in [1.54, 1.807) is 19.0 Å². The van der Waals surface area contributed by atoms with E-state index < -0.39 is 17.7 Å². The van der Waals surface area contributed by atoms with Gasteiger partial charge in [-0.05, 0) is 24.6 Å². The number of carbonyl (C=O) groups excluding carboxylic acids is 2. The fourth-order valence-corrected chi connectivity index (χ4v) is 3.00. The summed E-state index contributed by atoms with van der Waals surface area (Å²) in [4.78, 5) is 27.4. The summed E-state index contributed by atoms with van der Waals surface area (Å²) in [5, 5.41) is 0. The van der Waals surface area contributed by atoms with Gasteiger partial charge in [0.2, 0.25) is 11.8 Å². The lowest BCUT2D eigenvalue weighted by Crippen LogP contribution is -2.42. The van der Waals surface area contributed by atoms with E-state index in [4.69, 9.17) is 0 Å². The molecule has 0 aromatic heterocycles. The number of benzene rings is 1. The first-order valence-corrected chi connectivity index (χ1v) is 7.47. The van der Waals surface area contributed by atoms with Crippen LogP contribution >= 0.6 is 11.8 Å². The molecule has 1 aliphatic rings. The van der Waals surface area contributed by atoms with Gasteiger partial charge in [-0.15, -0.1) is 11.8 Å². The second-order valence-corrected chi connectivity index (χ2v) is 5.98. The molecule has 0 spiro atoms. The molecule has 0 N–H and O–H groups in total. The van der Waals surface area contributed by atoms with Gasteiger partial charge < -0.3 is 9.80 Å². The van der Waals surface area contributed by atoms with Crippen LogP contribution in [0.25, 0.3) is 0 Å². The molecule has 1 saturated heterocycles. The molecular formula is C14H16F2N2O2S.